The SMILES string of the molecule is CC(=O)NC(C)c1ccc(OC2CCN(c3ccc4c(c3)OCCO4)C2)cc1. The van der Waals surface area contributed by atoms with Crippen molar-refractivity contribution in [3.8, 4) is 17.2 Å². The molecule has 1 amide bonds. The van der Waals surface area contributed by atoms with Gasteiger partial charge in [-0.2, -0.15) is 0 Å². The Kier molecular flexibility index (Phi) is 5.28. The van der Waals surface area contributed by atoms with Crippen molar-refractivity contribution in [3.63, 3.8) is 0 Å². The number of nitrogens with zero attached hydrogens (tertiary/aromatic N) is 1. The predicted molar refractivity (Wildman–Crippen MR) is 107 cm³/mol. The average molecular weight is 382 g/mol. The highest BCUT2D eigenvalue weighted by Gasteiger charge is 2.25. The minimum Gasteiger partial charge on any atom is -0.489 e. The summed E-state index contributed by atoms with van der Waals surface area (Å²) < 4.78 is 17.5. The lowest BCUT2D eigenvalue weighted by atomic mass is 10.1. The summed E-state index contributed by atoms with van der Waals surface area (Å²) in [5.74, 6) is 2.46. The molecule has 0 bridgehead atoms. The largest absolute Gasteiger partial charge is 0.489 e. The van der Waals surface area contributed by atoms with Gasteiger partial charge < -0.3 is 24.4 Å². The minimum atomic E-state index is -0.0296. The van der Waals surface area contributed by atoms with Gasteiger partial charge in [0, 0.05) is 31.6 Å². The van der Waals surface area contributed by atoms with E-state index >= 15 is 0 Å². The first kappa shape index (κ1) is 18.5. The molecule has 0 saturated carbocycles. The average Bonchev–Trinajstić information content (AvgIpc) is 3.16. The Bertz CT molecular complexity index is 837. The standard InChI is InChI=1S/C22H26N2O4/c1-15(23-16(2)25)17-3-6-19(7-4-17)28-20-9-10-24(14-20)18-5-8-21-22(13-18)27-12-11-26-21/h3-8,13,15,20H,9-12,14H2,1-2H3,(H,23,25). The maximum atomic E-state index is 11.2. The molecule has 2 atom stereocenters. The molecule has 2 aliphatic heterocycles. The predicted octanol–water partition coefficient (Wildman–Crippen LogP) is 3.31. The van der Waals surface area contributed by atoms with Gasteiger partial charge in [-0.1, -0.05) is 12.1 Å². The molecule has 1 saturated heterocycles. The smallest absolute Gasteiger partial charge is 0.217 e. The number of fused-ring (bicyclic) bond motifs is 1. The second kappa shape index (κ2) is 8.00. The lowest BCUT2D eigenvalue weighted by Crippen LogP contribution is -2.25. The molecule has 6 heteroatoms. The van der Waals surface area contributed by atoms with E-state index in [0.717, 1.165) is 48.0 Å². The van der Waals surface area contributed by atoms with E-state index in [2.05, 4.69) is 22.3 Å². The molecule has 1 N–H and O–H groups in total. The van der Waals surface area contributed by atoms with Crippen LogP contribution in [-0.2, 0) is 4.79 Å². The number of anilines is 1. The molecule has 148 valence electrons. The number of ether oxygens (including phenoxy) is 3. The van der Waals surface area contributed by atoms with Gasteiger partial charge in [-0.05, 0) is 36.8 Å². The van der Waals surface area contributed by atoms with E-state index in [9.17, 15) is 4.79 Å². The summed E-state index contributed by atoms with van der Waals surface area (Å²) in [7, 11) is 0. The van der Waals surface area contributed by atoms with Crippen molar-refractivity contribution in [1.29, 1.82) is 0 Å². The highest BCUT2D eigenvalue weighted by atomic mass is 16.6. The number of hydrogen-bond acceptors (Lipinski definition) is 5. The first-order chi connectivity index (χ1) is 13.6. The summed E-state index contributed by atoms with van der Waals surface area (Å²) in [6.07, 6.45) is 1.12. The van der Waals surface area contributed by atoms with Crippen LogP contribution in [0.15, 0.2) is 42.5 Å². The molecule has 2 aromatic carbocycles. The summed E-state index contributed by atoms with van der Waals surface area (Å²) in [6.45, 7) is 6.49. The quantitative estimate of drug-likeness (QED) is 0.860. The molecule has 2 aromatic rings. The first-order valence-corrected chi connectivity index (χ1v) is 9.77. The van der Waals surface area contributed by atoms with Crippen LogP contribution in [0.1, 0.15) is 31.9 Å². The number of benzene rings is 2. The number of nitrogens with one attached hydrogen (secondary N) is 1. The molecule has 1 fully saturated rings. The number of carbonyl (C=O) groups is 1. The van der Waals surface area contributed by atoms with Crippen molar-refractivity contribution in [2.45, 2.75) is 32.4 Å². The van der Waals surface area contributed by atoms with Crippen LogP contribution in [0.5, 0.6) is 17.2 Å². The van der Waals surface area contributed by atoms with E-state index in [-0.39, 0.29) is 18.1 Å². The summed E-state index contributed by atoms with van der Waals surface area (Å²) in [4.78, 5) is 13.5. The van der Waals surface area contributed by atoms with Crippen molar-refractivity contribution in [2.75, 3.05) is 31.2 Å². The zero-order valence-corrected chi connectivity index (χ0v) is 16.3. The van der Waals surface area contributed by atoms with Gasteiger partial charge in [0.1, 0.15) is 25.1 Å². The maximum Gasteiger partial charge on any atom is 0.217 e. The van der Waals surface area contributed by atoms with Crippen molar-refractivity contribution in [3.05, 3.63) is 48.0 Å². The molecule has 0 radical (unpaired) electrons. The van der Waals surface area contributed by atoms with E-state index < -0.39 is 0 Å². The molecule has 0 aromatic heterocycles. The number of carbonyl (C=O) groups excluding carboxylic acids is 1. The van der Waals surface area contributed by atoms with Crippen LogP contribution in [0.2, 0.25) is 0 Å². The van der Waals surface area contributed by atoms with Gasteiger partial charge in [-0.3, -0.25) is 4.79 Å². The maximum absolute atomic E-state index is 11.2. The number of amides is 1. The van der Waals surface area contributed by atoms with Gasteiger partial charge >= 0.3 is 0 Å². The zero-order valence-electron chi connectivity index (χ0n) is 16.3. The lowest BCUT2D eigenvalue weighted by molar-refractivity contribution is -0.119. The van der Waals surface area contributed by atoms with E-state index in [1.165, 1.54) is 6.92 Å². The van der Waals surface area contributed by atoms with Crippen molar-refractivity contribution in [2.24, 2.45) is 0 Å². The Hall–Kier alpha value is -2.89. The molecule has 2 unspecified atom stereocenters. The molecule has 2 aliphatic rings. The molecule has 0 aliphatic carbocycles. The van der Waals surface area contributed by atoms with Gasteiger partial charge in [0.15, 0.2) is 11.5 Å². The highest BCUT2D eigenvalue weighted by molar-refractivity contribution is 5.73. The Morgan fingerprint density at radius 2 is 1.89 bits per heavy atom. The van der Waals surface area contributed by atoms with E-state index in [1.54, 1.807) is 0 Å². The highest BCUT2D eigenvalue weighted by Crippen LogP contribution is 2.35. The molecule has 28 heavy (non-hydrogen) atoms. The Balaban J connectivity index is 1.35. The summed E-state index contributed by atoms with van der Waals surface area (Å²) in [6, 6.07) is 14.0. The van der Waals surface area contributed by atoms with Crippen LogP contribution >= 0.6 is 0 Å². The van der Waals surface area contributed by atoms with Crippen LogP contribution in [0, 0.1) is 0 Å². The van der Waals surface area contributed by atoms with E-state index in [0.29, 0.717) is 13.2 Å². The van der Waals surface area contributed by atoms with Gasteiger partial charge in [0.25, 0.3) is 0 Å². The third-order valence-electron chi connectivity index (χ3n) is 5.14. The molecular weight excluding hydrogens is 356 g/mol. The molecule has 4 rings (SSSR count). The molecule has 6 nitrogen and oxygen atoms in total. The third-order valence-corrected chi connectivity index (χ3v) is 5.14. The van der Waals surface area contributed by atoms with Gasteiger partial charge in [-0.25, -0.2) is 0 Å². The monoisotopic (exact) mass is 382 g/mol. The van der Waals surface area contributed by atoms with Crippen molar-refractivity contribution >= 4 is 11.6 Å². The van der Waals surface area contributed by atoms with Crippen molar-refractivity contribution < 1.29 is 19.0 Å². The second-order valence-corrected chi connectivity index (χ2v) is 7.29. The van der Waals surface area contributed by atoms with Crippen LogP contribution in [0.3, 0.4) is 0 Å². The summed E-state index contributed by atoms with van der Waals surface area (Å²) in [5.41, 5.74) is 2.20. The Morgan fingerprint density at radius 1 is 1.14 bits per heavy atom. The summed E-state index contributed by atoms with van der Waals surface area (Å²) in [5, 5.41) is 2.89. The van der Waals surface area contributed by atoms with Crippen LogP contribution < -0.4 is 24.4 Å². The molecule has 2 heterocycles. The summed E-state index contributed by atoms with van der Waals surface area (Å²) >= 11 is 0. The van der Waals surface area contributed by atoms with E-state index in [1.807, 2.05) is 37.3 Å². The lowest BCUT2D eigenvalue weighted by Gasteiger charge is -2.23. The third kappa shape index (κ3) is 4.16. The van der Waals surface area contributed by atoms with E-state index in [4.69, 9.17) is 14.2 Å². The zero-order chi connectivity index (χ0) is 19.5. The minimum absolute atomic E-state index is 0.0104. The fraction of sp³-hybridized carbons (Fsp3) is 0.409. The normalized spacial score (nSPS) is 19.2. The second-order valence-electron chi connectivity index (χ2n) is 7.29. The fourth-order valence-electron chi connectivity index (χ4n) is 3.70. The fourth-order valence-corrected chi connectivity index (χ4v) is 3.70. The van der Waals surface area contributed by atoms with Gasteiger partial charge in [0.2, 0.25) is 5.91 Å². The van der Waals surface area contributed by atoms with Gasteiger partial charge in [-0.15, -0.1) is 0 Å². The van der Waals surface area contributed by atoms with Gasteiger partial charge in [0.05, 0.1) is 12.6 Å². The Labute approximate surface area is 165 Å². The Morgan fingerprint density at radius 3 is 2.64 bits per heavy atom. The van der Waals surface area contributed by atoms with Crippen LogP contribution in [0.25, 0.3) is 0 Å². The molecule has 0 spiro atoms. The number of hydrogen-bond donors (Lipinski definition) is 1. The topological polar surface area (TPSA) is 60.0 Å². The van der Waals surface area contributed by atoms with Crippen molar-refractivity contribution in [1.82, 2.24) is 5.32 Å². The van der Waals surface area contributed by atoms with Crippen LogP contribution in [-0.4, -0.2) is 38.3 Å². The number of rotatable bonds is 5. The van der Waals surface area contributed by atoms with Crippen LogP contribution in [0.4, 0.5) is 5.69 Å². The molecular formula is C22H26N2O4. The first-order valence-electron chi connectivity index (χ1n) is 9.77.